The summed E-state index contributed by atoms with van der Waals surface area (Å²) in [5, 5.41) is 27.8. The minimum atomic E-state index is -1.40. The molecule has 0 aliphatic heterocycles. The van der Waals surface area contributed by atoms with Crippen LogP contribution in [0.4, 0.5) is 0 Å². The minimum absolute atomic E-state index is 0.110. The lowest BCUT2D eigenvalue weighted by Crippen LogP contribution is -2.06. The Bertz CT molecular complexity index is 682. The first-order chi connectivity index (χ1) is 7.91. The van der Waals surface area contributed by atoms with Gasteiger partial charge in [-0.15, -0.1) is 0 Å². The molecule has 2 aromatic rings. The van der Waals surface area contributed by atoms with Crippen LogP contribution in [-0.4, -0.2) is 21.3 Å². The number of phenolic OH excluding ortho intramolecular Hbond substituents is 2. The second-order valence-electron chi connectivity index (χ2n) is 3.54. The molecule has 0 saturated heterocycles. The molecule has 6 heteroatoms. The van der Waals surface area contributed by atoms with E-state index in [9.17, 15) is 19.8 Å². The van der Waals surface area contributed by atoms with Crippen LogP contribution in [-0.2, 0) is 0 Å². The van der Waals surface area contributed by atoms with Crippen molar-refractivity contribution in [1.82, 2.24) is 0 Å². The first kappa shape index (κ1) is 11.0. The van der Waals surface area contributed by atoms with Crippen LogP contribution in [0.2, 0.25) is 0 Å². The van der Waals surface area contributed by atoms with Gasteiger partial charge in [-0.3, -0.25) is 0 Å². The number of aromatic hydroxyl groups is 2. The van der Waals surface area contributed by atoms with Crippen LogP contribution in [0.25, 0.3) is 10.8 Å². The van der Waals surface area contributed by atoms with E-state index in [1.165, 1.54) is 13.0 Å². The van der Waals surface area contributed by atoms with Gasteiger partial charge >= 0.3 is 11.6 Å². The Morgan fingerprint density at radius 3 is 2.53 bits per heavy atom. The molecule has 17 heavy (non-hydrogen) atoms. The fourth-order valence-electron chi connectivity index (χ4n) is 1.53. The van der Waals surface area contributed by atoms with Gasteiger partial charge in [0.2, 0.25) is 5.76 Å². The van der Waals surface area contributed by atoms with Crippen molar-refractivity contribution in [2.75, 3.05) is 0 Å². The van der Waals surface area contributed by atoms with Gasteiger partial charge in [-0.25, -0.2) is 9.59 Å². The van der Waals surface area contributed by atoms with Crippen LogP contribution in [0.5, 0.6) is 11.5 Å². The van der Waals surface area contributed by atoms with Gasteiger partial charge in [0.15, 0.2) is 0 Å². The summed E-state index contributed by atoms with van der Waals surface area (Å²) < 4.78 is 4.53. The number of phenols is 2. The van der Waals surface area contributed by atoms with E-state index >= 15 is 0 Å². The Labute approximate surface area is 94.4 Å². The van der Waals surface area contributed by atoms with Gasteiger partial charge in [0.1, 0.15) is 16.9 Å². The van der Waals surface area contributed by atoms with Crippen molar-refractivity contribution in [3.8, 4) is 11.5 Å². The second-order valence-corrected chi connectivity index (χ2v) is 3.54. The molecule has 6 nitrogen and oxygen atoms in total. The van der Waals surface area contributed by atoms with E-state index in [0.717, 1.165) is 6.07 Å². The summed E-state index contributed by atoms with van der Waals surface area (Å²) >= 11 is 0. The zero-order valence-electron chi connectivity index (χ0n) is 8.72. The van der Waals surface area contributed by atoms with Gasteiger partial charge in [-0.1, -0.05) is 0 Å². The Kier molecular flexibility index (Phi) is 2.27. The molecule has 1 heterocycles. The number of aromatic carboxylic acids is 1. The maximum Gasteiger partial charge on any atom is 0.371 e. The Balaban J connectivity index is 2.97. The van der Waals surface area contributed by atoms with Gasteiger partial charge in [-0.05, 0) is 19.1 Å². The van der Waals surface area contributed by atoms with Gasteiger partial charge in [-0.2, -0.15) is 0 Å². The number of carboxylic acid groups (broad SMARTS) is 1. The predicted octanol–water partition coefficient (Wildman–Crippen LogP) is 1.21. The van der Waals surface area contributed by atoms with Crippen molar-refractivity contribution in [3.63, 3.8) is 0 Å². The third kappa shape index (κ3) is 1.59. The summed E-state index contributed by atoms with van der Waals surface area (Å²) in [6.07, 6.45) is 0. The van der Waals surface area contributed by atoms with Crippen LogP contribution in [0.1, 0.15) is 16.1 Å². The maximum atomic E-state index is 11.5. The zero-order chi connectivity index (χ0) is 12.7. The first-order valence-electron chi connectivity index (χ1n) is 4.64. The monoisotopic (exact) mass is 236 g/mol. The zero-order valence-corrected chi connectivity index (χ0v) is 8.72. The topological polar surface area (TPSA) is 108 Å². The average molecular weight is 236 g/mol. The number of hydrogen-bond donors (Lipinski definition) is 3. The molecule has 0 aliphatic carbocycles. The third-order valence-electron chi connectivity index (χ3n) is 2.46. The molecule has 3 N–H and O–H groups in total. The summed E-state index contributed by atoms with van der Waals surface area (Å²) in [5.41, 5.74) is -0.826. The lowest BCUT2D eigenvalue weighted by atomic mass is 10.1. The van der Waals surface area contributed by atoms with E-state index in [1.54, 1.807) is 0 Å². The summed E-state index contributed by atoms with van der Waals surface area (Å²) in [7, 11) is 0. The molecular weight excluding hydrogens is 228 g/mol. The average Bonchev–Trinajstić information content (AvgIpc) is 2.25. The molecule has 0 radical (unpaired) electrons. The smallest absolute Gasteiger partial charge is 0.371 e. The Morgan fingerprint density at radius 2 is 1.94 bits per heavy atom. The third-order valence-corrected chi connectivity index (χ3v) is 2.46. The lowest BCUT2D eigenvalue weighted by molar-refractivity contribution is 0.0657. The van der Waals surface area contributed by atoms with Crippen LogP contribution >= 0.6 is 0 Å². The summed E-state index contributed by atoms with van der Waals surface area (Å²) in [6.45, 7) is 1.43. The molecule has 88 valence electrons. The quantitative estimate of drug-likeness (QED) is 0.686. The summed E-state index contributed by atoms with van der Waals surface area (Å²) in [6, 6.07) is 2.27. The number of benzene rings is 1. The van der Waals surface area contributed by atoms with E-state index in [2.05, 4.69) is 4.42 Å². The molecular formula is C11H8O6. The van der Waals surface area contributed by atoms with Crippen LogP contribution in [0.15, 0.2) is 21.3 Å². The highest BCUT2D eigenvalue weighted by Crippen LogP contribution is 2.33. The standard InChI is InChI=1S/C11H8O6/c1-4-6(12)2-5-3-7(10(14)15)17-11(16)8(5)9(4)13/h2-3,12-13H,1H3,(H,14,15). The Morgan fingerprint density at radius 1 is 1.29 bits per heavy atom. The number of carbonyl (C=O) groups is 1. The maximum absolute atomic E-state index is 11.5. The number of hydrogen-bond acceptors (Lipinski definition) is 5. The summed E-state index contributed by atoms with van der Waals surface area (Å²) in [4.78, 5) is 22.2. The number of carboxylic acids is 1. The molecule has 1 aromatic heterocycles. The molecule has 0 unspecified atom stereocenters. The number of rotatable bonds is 1. The van der Waals surface area contributed by atoms with Crippen LogP contribution in [0.3, 0.4) is 0 Å². The molecule has 0 amide bonds. The van der Waals surface area contributed by atoms with Crippen LogP contribution in [0, 0.1) is 6.92 Å². The van der Waals surface area contributed by atoms with E-state index in [0.29, 0.717) is 0 Å². The van der Waals surface area contributed by atoms with Gasteiger partial charge in [0.25, 0.3) is 0 Å². The predicted molar refractivity (Wildman–Crippen MR) is 57.5 cm³/mol. The molecule has 0 aliphatic rings. The van der Waals surface area contributed by atoms with Crippen molar-refractivity contribution in [3.05, 3.63) is 33.9 Å². The first-order valence-corrected chi connectivity index (χ1v) is 4.64. The molecule has 0 fully saturated rings. The molecule has 1 aromatic carbocycles. The number of fused-ring (bicyclic) bond motifs is 1. The van der Waals surface area contributed by atoms with E-state index in [4.69, 9.17) is 5.11 Å². The minimum Gasteiger partial charge on any atom is -0.508 e. The van der Waals surface area contributed by atoms with Crippen molar-refractivity contribution >= 4 is 16.7 Å². The summed E-state index contributed by atoms with van der Waals surface area (Å²) in [5.74, 6) is -2.59. The molecule has 2 rings (SSSR count). The van der Waals surface area contributed by atoms with Crippen molar-refractivity contribution in [2.45, 2.75) is 6.92 Å². The fourth-order valence-corrected chi connectivity index (χ4v) is 1.53. The lowest BCUT2D eigenvalue weighted by Gasteiger charge is -2.06. The van der Waals surface area contributed by atoms with E-state index in [-0.39, 0.29) is 22.1 Å². The van der Waals surface area contributed by atoms with Gasteiger partial charge in [0.05, 0.1) is 0 Å². The highest BCUT2D eigenvalue weighted by molar-refractivity contribution is 5.94. The molecule has 0 saturated carbocycles. The Hall–Kier alpha value is -2.50. The molecule has 0 spiro atoms. The van der Waals surface area contributed by atoms with Gasteiger partial charge < -0.3 is 19.7 Å². The molecule has 0 bridgehead atoms. The highest BCUT2D eigenvalue weighted by atomic mass is 16.4. The van der Waals surface area contributed by atoms with Crippen LogP contribution < -0.4 is 5.63 Å². The van der Waals surface area contributed by atoms with Crippen molar-refractivity contribution < 1.29 is 24.5 Å². The van der Waals surface area contributed by atoms with Crippen molar-refractivity contribution in [1.29, 1.82) is 0 Å². The highest BCUT2D eigenvalue weighted by Gasteiger charge is 2.16. The second kappa shape index (κ2) is 3.51. The largest absolute Gasteiger partial charge is 0.508 e. The fraction of sp³-hybridized carbons (Fsp3) is 0.0909. The SMILES string of the molecule is Cc1c(O)cc2cc(C(=O)O)oc(=O)c2c1O. The van der Waals surface area contributed by atoms with E-state index < -0.39 is 23.1 Å². The molecule has 0 atom stereocenters. The van der Waals surface area contributed by atoms with Crippen molar-refractivity contribution in [2.24, 2.45) is 0 Å². The van der Waals surface area contributed by atoms with Gasteiger partial charge in [0, 0.05) is 10.9 Å². The normalized spacial score (nSPS) is 10.6. The van der Waals surface area contributed by atoms with E-state index in [1.807, 2.05) is 0 Å².